The molecule has 3 N–H and O–H groups in total. The number of carboxylic acids is 1. The van der Waals surface area contributed by atoms with Crippen LogP contribution in [0.15, 0.2) is 18.2 Å². The number of nitrogens with zero attached hydrogens (tertiary/aromatic N) is 1. The second-order valence-corrected chi connectivity index (χ2v) is 4.23. The number of urea groups is 1. The van der Waals surface area contributed by atoms with Gasteiger partial charge in [0.15, 0.2) is 0 Å². The Morgan fingerprint density at radius 1 is 1.33 bits per heavy atom. The van der Waals surface area contributed by atoms with Gasteiger partial charge in [-0.3, -0.25) is 4.79 Å². The van der Waals surface area contributed by atoms with Gasteiger partial charge in [0, 0.05) is 13.6 Å². The van der Waals surface area contributed by atoms with Crippen molar-refractivity contribution in [1.82, 2.24) is 10.2 Å². The Morgan fingerprint density at radius 2 is 2.00 bits per heavy atom. The fourth-order valence-electron chi connectivity index (χ4n) is 1.56. The summed E-state index contributed by atoms with van der Waals surface area (Å²) in [5.74, 6) is -2.33. The van der Waals surface area contributed by atoms with Gasteiger partial charge in [-0.1, -0.05) is 0 Å². The molecule has 114 valence electrons. The highest BCUT2D eigenvalue weighted by Gasteiger charge is 2.17. The highest BCUT2D eigenvalue weighted by Crippen LogP contribution is 2.17. The van der Waals surface area contributed by atoms with Crippen LogP contribution < -0.4 is 10.6 Å². The molecule has 0 fully saturated rings. The van der Waals surface area contributed by atoms with Crippen LogP contribution >= 0.6 is 0 Å². The van der Waals surface area contributed by atoms with Crippen molar-refractivity contribution in [2.75, 3.05) is 25.5 Å². The molecule has 0 aliphatic carbocycles. The maximum atomic E-state index is 13.2. The number of halogens is 1. The lowest BCUT2D eigenvalue weighted by molar-refractivity contribution is -0.121. The van der Waals surface area contributed by atoms with E-state index in [0.29, 0.717) is 6.54 Å². The van der Waals surface area contributed by atoms with Gasteiger partial charge in [-0.05, 0) is 25.1 Å². The first-order valence-corrected chi connectivity index (χ1v) is 6.16. The molecular weight excluding hydrogens is 281 g/mol. The molecule has 8 heteroatoms. The number of carbonyl (C=O) groups excluding carboxylic acids is 2. The summed E-state index contributed by atoms with van der Waals surface area (Å²) >= 11 is 0. The minimum Gasteiger partial charge on any atom is -0.478 e. The third-order valence-corrected chi connectivity index (χ3v) is 2.56. The number of carbonyl (C=O) groups is 3. The van der Waals surface area contributed by atoms with Crippen LogP contribution in [-0.4, -0.2) is 48.1 Å². The van der Waals surface area contributed by atoms with E-state index < -0.39 is 17.8 Å². The maximum Gasteiger partial charge on any atom is 0.337 e. The Hall–Kier alpha value is -2.64. The second kappa shape index (κ2) is 7.22. The molecule has 0 radical (unpaired) electrons. The number of amides is 3. The lowest BCUT2D eigenvalue weighted by Crippen LogP contribution is -2.40. The molecule has 0 atom stereocenters. The molecular formula is C13H16FN3O4. The first kappa shape index (κ1) is 16.4. The minimum atomic E-state index is -1.29. The van der Waals surface area contributed by atoms with Gasteiger partial charge in [0.25, 0.3) is 0 Å². The zero-order chi connectivity index (χ0) is 16.0. The van der Waals surface area contributed by atoms with Gasteiger partial charge in [-0.25, -0.2) is 14.0 Å². The summed E-state index contributed by atoms with van der Waals surface area (Å²) in [7, 11) is 1.37. The highest BCUT2D eigenvalue weighted by atomic mass is 19.1. The van der Waals surface area contributed by atoms with Crippen LogP contribution in [0.2, 0.25) is 0 Å². The van der Waals surface area contributed by atoms with Gasteiger partial charge in [-0.15, -0.1) is 0 Å². The largest absolute Gasteiger partial charge is 0.478 e. The quantitative estimate of drug-likeness (QED) is 0.758. The van der Waals surface area contributed by atoms with Crippen molar-refractivity contribution in [2.45, 2.75) is 6.92 Å². The molecule has 0 aliphatic heterocycles. The summed E-state index contributed by atoms with van der Waals surface area (Å²) in [6, 6.07) is 2.23. The Kier molecular flexibility index (Phi) is 5.65. The number of rotatable bonds is 5. The topological polar surface area (TPSA) is 98.7 Å². The highest BCUT2D eigenvalue weighted by molar-refractivity contribution is 6.00. The van der Waals surface area contributed by atoms with Crippen molar-refractivity contribution in [2.24, 2.45) is 0 Å². The summed E-state index contributed by atoms with van der Waals surface area (Å²) in [6.45, 7) is 1.97. The molecule has 3 amide bonds. The van der Waals surface area contributed by atoms with Gasteiger partial charge in [0.1, 0.15) is 12.4 Å². The number of anilines is 1. The monoisotopic (exact) mass is 297 g/mol. The molecule has 0 aliphatic rings. The average molecular weight is 297 g/mol. The third-order valence-electron chi connectivity index (χ3n) is 2.56. The smallest absolute Gasteiger partial charge is 0.337 e. The summed E-state index contributed by atoms with van der Waals surface area (Å²) in [5.41, 5.74) is -0.411. The fourth-order valence-corrected chi connectivity index (χ4v) is 1.56. The van der Waals surface area contributed by atoms with Crippen molar-refractivity contribution < 1.29 is 23.9 Å². The normalized spacial score (nSPS) is 9.86. The molecule has 0 unspecified atom stereocenters. The standard InChI is InChI=1S/C13H16FN3O4/c1-3-15-11(18)7-17(2)13(21)16-10-6-8(14)4-5-9(10)12(19)20/h4-6H,3,7H2,1-2H3,(H,15,18)(H,16,21)(H,19,20). The van der Waals surface area contributed by atoms with E-state index in [1.165, 1.54) is 7.05 Å². The summed E-state index contributed by atoms with van der Waals surface area (Å²) < 4.78 is 13.2. The lowest BCUT2D eigenvalue weighted by Gasteiger charge is -2.18. The predicted molar refractivity (Wildman–Crippen MR) is 73.7 cm³/mol. The molecule has 0 spiro atoms. The van der Waals surface area contributed by atoms with E-state index in [0.717, 1.165) is 23.1 Å². The first-order chi connectivity index (χ1) is 9.85. The van der Waals surface area contributed by atoms with Gasteiger partial charge >= 0.3 is 12.0 Å². The van der Waals surface area contributed by atoms with Gasteiger partial charge in [0.2, 0.25) is 5.91 Å². The van der Waals surface area contributed by atoms with E-state index in [9.17, 15) is 18.8 Å². The number of hydrogen-bond donors (Lipinski definition) is 3. The number of nitrogens with one attached hydrogen (secondary N) is 2. The zero-order valence-corrected chi connectivity index (χ0v) is 11.6. The number of carboxylic acid groups (broad SMARTS) is 1. The van der Waals surface area contributed by atoms with E-state index in [-0.39, 0.29) is 23.7 Å². The number of hydrogen-bond acceptors (Lipinski definition) is 3. The van der Waals surface area contributed by atoms with E-state index in [1.807, 2.05) is 0 Å². The number of benzene rings is 1. The van der Waals surface area contributed by atoms with Gasteiger partial charge < -0.3 is 20.6 Å². The fraction of sp³-hybridized carbons (Fsp3) is 0.308. The molecule has 21 heavy (non-hydrogen) atoms. The molecule has 0 saturated heterocycles. The van der Waals surface area contributed by atoms with Crippen molar-refractivity contribution in [3.8, 4) is 0 Å². The summed E-state index contributed by atoms with van der Waals surface area (Å²) in [4.78, 5) is 35.3. The van der Waals surface area contributed by atoms with Crippen LogP contribution in [0.5, 0.6) is 0 Å². The van der Waals surface area contributed by atoms with E-state index in [4.69, 9.17) is 5.11 Å². The predicted octanol–water partition coefficient (Wildman–Crippen LogP) is 1.12. The second-order valence-electron chi connectivity index (χ2n) is 4.23. The Bertz CT molecular complexity index is 562. The maximum absolute atomic E-state index is 13.2. The number of aromatic carboxylic acids is 1. The van der Waals surface area contributed by atoms with Crippen molar-refractivity contribution in [3.05, 3.63) is 29.6 Å². The van der Waals surface area contributed by atoms with E-state index in [1.54, 1.807) is 6.92 Å². The third kappa shape index (κ3) is 4.75. The van der Waals surface area contributed by atoms with E-state index >= 15 is 0 Å². The van der Waals surface area contributed by atoms with Crippen molar-refractivity contribution in [3.63, 3.8) is 0 Å². The molecule has 0 saturated carbocycles. The zero-order valence-electron chi connectivity index (χ0n) is 11.6. The Balaban J connectivity index is 2.80. The molecule has 0 aromatic heterocycles. The molecule has 0 heterocycles. The molecule has 7 nitrogen and oxygen atoms in total. The van der Waals surface area contributed by atoms with Crippen molar-refractivity contribution >= 4 is 23.6 Å². The average Bonchev–Trinajstić information content (AvgIpc) is 2.38. The molecule has 1 aromatic carbocycles. The van der Waals surface area contributed by atoms with Crippen LogP contribution in [0.1, 0.15) is 17.3 Å². The van der Waals surface area contributed by atoms with Crippen LogP contribution in [0.4, 0.5) is 14.9 Å². The minimum absolute atomic E-state index is 0.171. The van der Waals surface area contributed by atoms with Crippen LogP contribution in [0.3, 0.4) is 0 Å². The summed E-state index contributed by atoms with van der Waals surface area (Å²) in [6.07, 6.45) is 0. The molecule has 0 bridgehead atoms. The van der Waals surface area contributed by atoms with Crippen LogP contribution in [-0.2, 0) is 4.79 Å². The number of likely N-dealkylation sites (N-methyl/N-ethyl adjacent to an activating group) is 2. The van der Waals surface area contributed by atoms with Crippen LogP contribution in [0.25, 0.3) is 0 Å². The lowest BCUT2D eigenvalue weighted by atomic mass is 10.2. The van der Waals surface area contributed by atoms with E-state index in [2.05, 4.69) is 10.6 Å². The van der Waals surface area contributed by atoms with Crippen molar-refractivity contribution in [1.29, 1.82) is 0 Å². The Morgan fingerprint density at radius 3 is 2.57 bits per heavy atom. The van der Waals surface area contributed by atoms with Crippen LogP contribution in [0, 0.1) is 5.82 Å². The summed E-state index contributed by atoms with van der Waals surface area (Å²) in [5, 5.41) is 13.8. The Labute approximate surface area is 120 Å². The van der Waals surface area contributed by atoms with Gasteiger partial charge in [0.05, 0.1) is 11.3 Å². The van der Waals surface area contributed by atoms with Gasteiger partial charge in [-0.2, -0.15) is 0 Å². The SMILES string of the molecule is CCNC(=O)CN(C)C(=O)Nc1cc(F)ccc1C(=O)O. The molecule has 1 rings (SSSR count). The molecule has 1 aromatic rings. The first-order valence-electron chi connectivity index (χ1n) is 6.16.